The zero-order chi connectivity index (χ0) is 28.5. The monoisotopic (exact) mass is 574 g/mol. The maximum Gasteiger partial charge on any atom is 0.270 e. The number of pyridine rings is 1. The number of hydrogen-bond donors (Lipinski definition) is 1. The maximum absolute atomic E-state index is 14.2. The number of nitrogens with zero attached hydrogens (tertiary/aromatic N) is 5. The van der Waals surface area contributed by atoms with Gasteiger partial charge in [0, 0.05) is 30.0 Å². The van der Waals surface area contributed by atoms with Crippen LogP contribution in [0.1, 0.15) is 0 Å². The smallest absolute Gasteiger partial charge is 0.270 e. The second-order valence-electron chi connectivity index (χ2n) is 8.90. The van der Waals surface area contributed by atoms with Gasteiger partial charge < -0.3 is 19.1 Å². The number of ether oxygens (including phenoxy) is 2. The predicted octanol–water partition coefficient (Wildman–Crippen LogP) is 6.54. The molecule has 0 saturated carbocycles. The van der Waals surface area contributed by atoms with E-state index in [9.17, 15) is 18.9 Å². The number of methoxy groups -OCH3 is 1. The van der Waals surface area contributed by atoms with Crippen LogP contribution in [0.5, 0.6) is 11.6 Å². The molecule has 0 unspecified atom stereocenters. The van der Waals surface area contributed by atoms with Gasteiger partial charge in [0.1, 0.15) is 41.8 Å². The Morgan fingerprint density at radius 2 is 1.93 bits per heavy atom. The third-order valence-electron chi connectivity index (χ3n) is 6.43. The van der Waals surface area contributed by atoms with Crippen LogP contribution in [-0.2, 0) is 0 Å². The number of nitro benzene ring substituents is 1. The lowest BCUT2D eigenvalue weighted by Crippen LogP contribution is -2.29. The van der Waals surface area contributed by atoms with Gasteiger partial charge in [-0.15, -0.1) is 0 Å². The van der Waals surface area contributed by atoms with Gasteiger partial charge in [0.2, 0.25) is 5.88 Å². The van der Waals surface area contributed by atoms with Crippen molar-refractivity contribution in [2.45, 2.75) is 4.90 Å². The van der Waals surface area contributed by atoms with Crippen LogP contribution in [0.4, 0.5) is 31.7 Å². The molecule has 0 fully saturated rings. The maximum atomic E-state index is 14.2. The SMILES string of the molecule is COc1ncc(-c2ccc3c(c2)N(c2ncnc4ccc([N+](=O)[O-])cc24)CCO3)cc1NSc1ccc(F)cc1F. The molecule has 10 nitrogen and oxygen atoms in total. The van der Waals surface area contributed by atoms with Crippen LogP contribution in [-0.4, -0.2) is 40.1 Å². The Kier molecular flexibility index (Phi) is 6.93. The lowest BCUT2D eigenvalue weighted by atomic mass is 10.0. The summed E-state index contributed by atoms with van der Waals surface area (Å²) >= 11 is 0.965. The molecule has 0 aliphatic carbocycles. The molecule has 1 N–H and O–H groups in total. The molecule has 5 aromatic rings. The molecule has 3 heterocycles. The summed E-state index contributed by atoms with van der Waals surface area (Å²) in [5, 5.41) is 12.0. The summed E-state index contributed by atoms with van der Waals surface area (Å²) in [4.78, 5) is 26.3. The number of non-ortho nitro benzene ring substituents is 1. The second-order valence-corrected chi connectivity index (χ2v) is 9.75. The lowest BCUT2D eigenvalue weighted by molar-refractivity contribution is -0.384. The van der Waals surface area contributed by atoms with Crippen molar-refractivity contribution in [3.63, 3.8) is 0 Å². The number of nitro groups is 1. The fourth-order valence-electron chi connectivity index (χ4n) is 4.49. The summed E-state index contributed by atoms with van der Waals surface area (Å²) in [5.41, 5.74) is 3.24. The second kappa shape index (κ2) is 10.8. The van der Waals surface area contributed by atoms with E-state index >= 15 is 0 Å². The van der Waals surface area contributed by atoms with Crippen LogP contribution >= 0.6 is 11.9 Å². The van der Waals surface area contributed by atoms with E-state index in [1.807, 2.05) is 23.1 Å². The first-order chi connectivity index (χ1) is 19.9. The number of nitrogens with one attached hydrogen (secondary N) is 1. The van der Waals surface area contributed by atoms with Crippen LogP contribution in [0.25, 0.3) is 22.0 Å². The summed E-state index contributed by atoms with van der Waals surface area (Å²) in [7, 11) is 1.47. The molecule has 2 aromatic heterocycles. The molecule has 0 amide bonds. The Bertz CT molecular complexity index is 1810. The highest BCUT2D eigenvalue weighted by molar-refractivity contribution is 8.00. The van der Waals surface area contributed by atoms with Crippen LogP contribution in [0.2, 0.25) is 0 Å². The summed E-state index contributed by atoms with van der Waals surface area (Å²) in [5.74, 6) is 0.0862. The molecule has 0 spiro atoms. The van der Waals surface area contributed by atoms with E-state index in [1.165, 1.54) is 37.7 Å². The number of anilines is 3. The highest BCUT2D eigenvalue weighted by atomic mass is 32.2. The standard InChI is InChI=1S/C28H20F2N6O4S/c1-39-28-23(34-41-26-7-3-18(29)12-21(26)30)10-17(14-31-28)16-2-6-25-24(11-16)35(8-9-40-25)27-20-13-19(36(37)38)4-5-22(20)32-15-33-27/h2-7,10-15,34H,8-9H2,1H3. The molecule has 3 aromatic carbocycles. The van der Waals surface area contributed by atoms with Gasteiger partial charge in [0.15, 0.2) is 0 Å². The number of halogens is 2. The van der Waals surface area contributed by atoms with Gasteiger partial charge in [0.25, 0.3) is 5.69 Å². The number of fused-ring (bicyclic) bond motifs is 2. The first-order valence-electron chi connectivity index (χ1n) is 12.3. The zero-order valence-corrected chi connectivity index (χ0v) is 22.2. The van der Waals surface area contributed by atoms with E-state index < -0.39 is 16.6 Å². The molecule has 0 radical (unpaired) electrons. The van der Waals surface area contributed by atoms with Gasteiger partial charge in [0.05, 0.1) is 40.1 Å². The third-order valence-corrected chi connectivity index (χ3v) is 7.30. The highest BCUT2D eigenvalue weighted by Gasteiger charge is 2.24. The Balaban J connectivity index is 1.37. The number of benzene rings is 3. The molecule has 206 valence electrons. The predicted molar refractivity (Wildman–Crippen MR) is 151 cm³/mol. The van der Waals surface area contributed by atoms with Gasteiger partial charge in [-0.3, -0.25) is 10.1 Å². The summed E-state index contributed by atoms with van der Waals surface area (Å²) in [6, 6.07) is 15.3. The molecule has 0 saturated heterocycles. The van der Waals surface area contributed by atoms with Crippen molar-refractivity contribution in [2.75, 3.05) is 29.9 Å². The summed E-state index contributed by atoms with van der Waals surface area (Å²) in [6.07, 6.45) is 3.07. The zero-order valence-electron chi connectivity index (χ0n) is 21.4. The van der Waals surface area contributed by atoms with E-state index in [0.29, 0.717) is 52.9 Å². The molecule has 0 bridgehead atoms. The minimum Gasteiger partial charge on any atom is -0.490 e. The van der Waals surface area contributed by atoms with E-state index in [2.05, 4.69) is 19.7 Å². The Morgan fingerprint density at radius 1 is 1.05 bits per heavy atom. The van der Waals surface area contributed by atoms with Crippen molar-refractivity contribution >= 4 is 45.7 Å². The largest absolute Gasteiger partial charge is 0.490 e. The molecular weight excluding hydrogens is 554 g/mol. The average molecular weight is 575 g/mol. The van der Waals surface area contributed by atoms with Gasteiger partial charge in [-0.05, 0) is 53.9 Å². The van der Waals surface area contributed by atoms with Crippen molar-refractivity contribution in [1.82, 2.24) is 15.0 Å². The topological polar surface area (TPSA) is 116 Å². The Labute approximate surface area is 236 Å². The number of rotatable bonds is 7. The van der Waals surface area contributed by atoms with Gasteiger partial charge in [-0.25, -0.2) is 23.7 Å². The normalized spacial score (nSPS) is 12.5. The minimum atomic E-state index is -0.692. The van der Waals surface area contributed by atoms with Crippen LogP contribution in [0.3, 0.4) is 0 Å². The van der Waals surface area contributed by atoms with Crippen molar-refractivity contribution in [1.29, 1.82) is 0 Å². The first kappa shape index (κ1) is 26.2. The van der Waals surface area contributed by atoms with E-state index in [1.54, 1.807) is 18.3 Å². The fourth-order valence-corrected chi connectivity index (χ4v) is 5.15. The van der Waals surface area contributed by atoms with Gasteiger partial charge in [-0.2, -0.15) is 0 Å². The molecule has 0 atom stereocenters. The molecule has 1 aliphatic rings. The number of hydrogen-bond acceptors (Lipinski definition) is 10. The van der Waals surface area contributed by atoms with E-state index in [4.69, 9.17) is 9.47 Å². The average Bonchev–Trinajstić information content (AvgIpc) is 2.99. The summed E-state index contributed by atoms with van der Waals surface area (Å²) < 4.78 is 41.8. The lowest BCUT2D eigenvalue weighted by Gasteiger charge is -2.31. The number of aromatic nitrogens is 3. The third kappa shape index (κ3) is 5.14. The molecule has 41 heavy (non-hydrogen) atoms. The van der Waals surface area contributed by atoms with Gasteiger partial charge >= 0.3 is 0 Å². The molecule has 6 rings (SSSR count). The molecular formula is C28H20F2N6O4S. The molecule has 1 aliphatic heterocycles. The van der Waals surface area contributed by atoms with Crippen molar-refractivity contribution in [3.8, 4) is 22.8 Å². The first-order valence-corrected chi connectivity index (χ1v) is 13.1. The molecule has 13 heteroatoms. The minimum absolute atomic E-state index is 0.0569. The Hall–Kier alpha value is -5.04. The van der Waals surface area contributed by atoms with Crippen molar-refractivity contribution < 1.29 is 23.2 Å². The summed E-state index contributed by atoms with van der Waals surface area (Å²) in [6.45, 7) is 0.848. The van der Waals surface area contributed by atoms with Crippen molar-refractivity contribution in [3.05, 3.63) is 94.9 Å². The van der Waals surface area contributed by atoms with Gasteiger partial charge in [-0.1, -0.05) is 6.07 Å². The highest BCUT2D eigenvalue weighted by Crippen LogP contribution is 2.42. The van der Waals surface area contributed by atoms with Crippen molar-refractivity contribution in [2.24, 2.45) is 0 Å². The van der Waals surface area contributed by atoms with E-state index in [0.717, 1.165) is 29.1 Å². The van der Waals surface area contributed by atoms with Crippen LogP contribution < -0.4 is 19.1 Å². The van der Waals surface area contributed by atoms with Crippen LogP contribution in [0.15, 0.2) is 78.1 Å². The van der Waals surface area contributed by atoms with E-state index in [-0.39, 0.29) is 10.6 Å². The Morgan fingerprint density at radius 3 is 2.73 bits per heavy atom. The quantitative estimate of drug-likeness (QED) is 0.131. The van der Waals surface area contributed by atoms with Crippen LogP contribution in [0, 0.1) is 21.7 Å². The fraction of sp³-hybridized carbons (Fsp3) is 0.107.